The Balaban J connectivity index is 1.07. The molecule has 2 aromatic carbocycles. The predicted octanol–water partition coefficient (Wildman–Crippen LogP) is 4.16. The molecule has 1 aliphatic heterocycles. The van der Waals surface area contributed by atoms with Crippen LogP contribution in [0.1, 0.15) is 55.6 Å². The van der Waals surface area contributed by atoms with Crippen molar-refractivity contribution in [2.75, 3.05) is 13.2 Å². The van der Waals surface area contributed by atoms with E-state index in [1.54, 1.807) is 4.90 Å². The monoisotopic (exact) mass is 474 g/mol. The Bertz CT molecular complexity index is 1150. The Kier molecular flexibility index (Phi) is 5.31. The van der Waals surface area contributed by atoms with E-state index in [2.05, 4.69) is 29.6 Å². The fourth-order valence-electron chi connectivity index (χ4n) is 6.79. The molecule has 182 valence electrons. The van der Waals surface area contributed by atoms with E-state index in [4.69, 9.17) is 4.74 Å². The number of rotatable bonds is 5. The van der Waals surface area contributed by atoms with Crippen LogP contribution in [0.2, 0.25) is 0 Å². The fourth-order valence-corrected chi connectivity index (χ4v) is 6.79. The fraction of sp³-hybridized carbons (Fsp3) is 0.464. The molecule has 2 amide bonds. The number of carboxylic acid groups (broad SMARTS) is 1. The third-order valence-electron chi connectivity index (χ3n) is 8.55. The lowest BCUT2D eigenvalue weighted by Crippen LogP contribution is -2.51. The smallest absolute Gasteiger partial charge is 0.407 e. The highest BCUT2D eigenvalue weighted by Crippen LogP contribution is 2.64. The SMILES string of the molecule is O=C(NC1CC2CC2(C(=O)N2CCCC[C@H]2C(=O)O)C1)OCC1c2ccccc2-c2ccccc21. The first-order valence-corrected chi connectivity index (χ1v) is 12.6. The van der Waals surface area contributed by atoms with Gasteiger partial charge in [-0.15, -0.1) is 0 Å². The first-order chi connectivity index (χ1) is 17.0. The Labute approximate surface area is 204 Å². The molecule has 35 heavy (non-hydrogen) atoms. The molecule has 3 aliphatic carbocycles. The Hall–Kier alpha value is -3.35. The van der Waals surface area contributed by atoms with Gasteiger partial charge in [0.1, 0.15) is 12.6 Å². The van der Waals surface area contributed by atoms with Crippen LogP contribution in [0.3, 0.4) is 0 Å². The Morgan fingerprint density at radius 2 is 1.69 bits per heavy atom. The van der Waals surface area contributed by atoms with Crippen molar-refractivity contribution in [3.8, 4) is 11.1 Å². The van der Waals surface area contributed by atoms with Crippen LogP contribution in [0, 0.1) is 11.3 Å². The number of nitrogens with one attached hydrogen (secondary N) is 1. The number of aliphatic carboxylic acids is 1. The Morgan fingerprint density at radius 1 is 1.00 bits per heavy atom. The lowest BCUT2D eigenvalue weighted by Gasteiger charge is -2.35. The molecule has 0 bridgehead atoms. The lowest BCUT2D eigenvalue weighted by molar-refractivity contribution is -0.154. The average molecular weight is 475 g/mol. The molecule has 2 N–H and O–H groups in total. The second-order valence-electron chi connectivity index (χ2n) is 10.5. The van der Waals surface area contributed by atoms with E-state index in [-0.39, 0.29) is 30.4 Å². The zero-order valence-electron chi connectivity index (χ0n) is 19.6. The molecule has 7 nitrogen and oxygen atoms in total. The number of nitrogens with zero attached hydrogens (tertiary/aromatic N) is 1. The molecule has 2 saturated carbocycles. The molecular formula is C28H30N2O5. The number of carbonyl (C=O) groups is 3. The topological polar surface area (TPSA) is 95.9 Å². The van der Waals surface area contributed by atoms with Gasteiger partial charge in [0.15, 0.2) is 0 Å². The third kappa shape index (κ3) is 3.68. The quantitative estimate of drug-likeness (QED) is 0.679. The summed E-state index contributed by atoms with van der Waals surface area (Å²) >= 11 is 0. The first kappa shape index (κ1) is 22.1. The number of hydrogen-bond acceptors (Lipinski definition) is 4. The van der Waals surface area contributed by atoms with Crippen molar-refractivity contribution >= 4 is 18.0 Å². The zero-order valence-corrected chi connectivity index (χ0v) is 19.6. The van der Waals surface area contributed by atoms with Crippen molar-refractivity contribution in [1.29, 1.82) is 0 Å². The van der Waals surface area contributed by atoms with Gasteiger partial charge in [-0.25, -0.2) is 9.59 Å². The number of fused-ring (bicyclic) bond motifs is 4. The van der Waals surface area contributed by atoms with Crippen LogP contribution in [0.25, 0.3) is 11.1 Å². The second-order valence-corrected chi connectivity index (χ2v) is 10.5. The van der Waals surface area contributed by atoms with E-state index in [1.165, 1.54) is 22.3 Å². The summed E-state index contributed by atoms with van der Waals surface area (Å²) in [5, 5.41) is 12.6. The van der Waals surface area contributed by atoms with Crippen molar-refractivity contribution in [1.82, 2.24) is 10.2 Å². The molecule has 4 atom stereocenters. The molecule has 4 aliphatic rings. The maximum absolute atomic E-state index is 13.4. The van der Waals surface area contributed by atoms with E-state index in [0.29, 0.717) is 19.4 Å². The maximum atomic E-state index is 13.4. The summed E-state index contributed by atoms with van der Waals surface area (Å²) < 4.78 is 5.69. The molecule has 6 rings (SSSR count). The van der Waals surface area contributed by atoms with Crippen LogP contribution in [0.4, 0.5) is 4.79 Å². The highest BCUT2D eigenvalue weighted by Gasteiger charge is 2.66. The van der Waals surface area contributed by atoms with Gasteiger partial charge in [0.2, 0.25) is 5.91 Å². The summed E-state index contributed by atoms with van der Waals surface area (Å²) in [6, 6.07) is 15.6. The molecule has 0 spiro atoms. The number of hydrogen-bond donors (Lipinski definition) is 2. The molecule has 1 saturated heterocycles. The second kappa shape index (κ2) is 8.40. The first-order valence-electron chi connectivity index (χ1n) is 12.6. The summed E-state index contributed by atoms with van der Waals surface area (Å²) in [5.74, 6) is -0.736. The molecule has 2 aromatic rings. The van der Waals surface area contributed by atoms with Crippen molar-refractivity contribution in [3.63, 3.8) is 0 Å². The van der Waals surface area contributed by atoms with Gasteiger partial charge in [-0.1, -0.05) is 48.5 Å². The van der Waals surface area contributed by atoms with E-state index >= 15 is 0 Å². The minimum absolute atomic E-state index is 0.00473. The highest BCUT2D eigenvalue weighted by molar-refractivity contribution is 5.90. The number of carboxylic acids is 1. The van der Waals surface area contributed by atoms with Crippen molar-refractivity contribution in [2.45, 2.75) is 56.5 Å². The summed E-state index contributed by atoms with van der Waals surface area (Å²) in [5.41, 5.74) is 4.20. The Morgan fingerprint density at radius 3 is 2.37 bits per heavy atom. The lowest BCUT2D eigenvalue weighted by atomic mass is 9.95. The minimum Gasteiger partial charge on any atom is -0.480 e. The normalized spacial score (nSPS) is 28.6. The number of alkyl carbamates (subject to hydrolysis) is 1. The van der Waals surface area contributed by atoms with Crippen LogP contribution < -0.4 is 5.32 Å². The van der Waals surface area contributed by atoms with Gasteiger partial charge in [0.25, 0.3) is 0 Å². The standard InChI is InChI=1S/C28H30N2O5/c31-25(32)24-11-5-6-12-30(24)26(33)28-14-17(28)13-18(15-28)29-27(34)35-16-23-21-9-3-1-7-19(21)20-8-2-4-10-22(20)23/h1-4,7-10,17-18,23-24H,5-6,11-16H2,(H,29,34)(H,31,32)/t17?,18?,24-,28?/m0/s1. The van der Waals surface area contributed by atoms with Crippen LogP contribution in [0.5, 0.6) is 0 Å². The number of benzene rings is 2. The van der Waals surface area contributed by atoms with E-state index < -0.39 is 23.5 Å². The average Bonchev–Trinajstić information content (AvgIpc) is 3.30. The summed E-state index contributed by atoms with van der Waals surface area (Å²) in [6.45, 7) is 0.767. The molecule has 0 radical (unpaired) electrons. The molecule has 0 aromatic heterocycles. The number of carbonyl (C=O) groups excluding carboxylic acids is 2. The number of likely N-dealkylation sites (tertiary alicyclic amines) is 1. The van der Waals surface area contributed by atoms with Crippen molar-refractivity contribution in [3.05, 3.63) is 59.7 Å². The number of piperidine rings is 1. The largest absolute Gasteiger partial charge is 0.480 e. The van der Waals surface area contributed by atoms with Gasteiger partial charge in [-0.2, -0.15) is 0 Å². The van der Waals surface area contributed by atoms with Gasteiger partial charge in [-0.05, 0) is 66.7 Å². The van der Waals surface area contributed by atoms with Crippen molar-refractivity contribution in [2.24, 2.45) is 11.3 Å². The third-order valence-corrected chi connectivity index (χ3v) is 8.55. The van der Waals surface area contributed by atoms with Gasteiger partial charge in [0, 0.05) is 18.5 Å². The van der Waals surface area contributed by atoms with Crippen LogP contribution in [-0.2, 0) is 14.3 Å². The molecule has 7 heteroatoms. The zero-order chi connectivity index (χ0) is 24.2. The van der Waals surface area contributed by atoms with Gasteiger partial charge >= 0.3 is 12.1 Å². The summed E-state index contributed by atoms with van der Waals surface area (Å²) in [4.78, 5) is 39.3. The molecular weight excluding hydrogens is 444 g/mol. The summed E-state index contributed by atoms with van der Waals surface area (Å²) in [7, 11) is 0. The van der Waals surface area contributed by atoms with E-state index in [1.807, 2.05) is 24.3 Å². The van der Waals surface area contributed by atoms with E-state index in [9.17, 15) is 19.5 Å². The molecule has 1 heterocycles. The summed E-state index contributed by atoms with van der Waals surface area (Å²) in [6.07, 6.45) is 3.83. The maximum Gasteiger partial charge on any atom is 0.407 e. The minimum atomic E-state index is -0.919. The van der Waals surface area contributed by atoms with E-state index in [0.717, 1.165) is 25.7 Å². The van der Waals surface area contributed by atoms with Gasteiger partial charge in [0.05, 0.1) is 5.41 Å². The van der Waals surface area contributed by atoms with Gasteiger partial charge in [-0.3, -0.25) is 4.79 Å². The molecule has 3 fully saturated rings. The molecule has 3 unspecified atom stereocenters. The number of amides is 2. The van der Waals surface area contributed by atoms with Crippen LogP contribution in [-0.4, -0.2) is 53.2 Å². The number of ether oxygens (including phenoxy) is 1. The van der Waals surface area contributed by atoms with Gasteiger partial charge < -0.3 is 20.1 Å². The van der Waals surface area contributed by atoms with Crippen molar-refractivity contribution < 1.29 is 24.2 Å². The predicted molar refractivity (Wildman–Crippen MR) is 129 cm³/mol. The van der Waals surface area contributed by atoms with Crippen LogP contribution in [0.15, 0.2) is 48.5 Å². The highest BCUT2D eigenvalue weighted by atomic mass is 16.5. The van der Waals surface area contributed by atoms with Crippen LogP contribution >= 0.6 is 0 Å².